The highest BCUT2D eigenvalue weighted by Crippen LogP contribution is 2.59. The Bertz CT molecular complexity index is 549. The first-order chi connectivity index (χ1) is 9.11. The van der Waals surface area contributed by atoms with Gasteiger partial charge < -0.3 is 5.73 Å². The monoisotopic (exact) mass is 259 g/mol. The Kier molecular flexibility index (Phi) is 2.32. The number of anilines is 1. The molecular formula is C15H21N3O. The van der Waals surface area contributed by atoms with E-state index in [-0.39, 0.29) is 5.56 Å². The van der Waals surface area contributed by atoms with Crippen molar-refractivity contribution >= 4 is 5.82 Å². The lowest BCUT2D eigenvalue weighted by molar-refractivity contribution is -0.00689. The summed E-state index contributed by atoms with van der Waals surface area (Å²) in [4.78, 5) is 16.5. The van der Waals surface area contributed by atoms with E-state index in [4.69, 9.17) is 5.73 Å². The SMILES string of the molecule is Cn1c(C2C3CC4CC(C3)CC2C4)nc(N)cc1=O. The third-order valence-corrected chi connectivity index (χ3v) is 5.71. The zero-order chi connectivity index (χ0) is 13.1. The van der Waals surface area contributed by atoms with Gasteiger partial charge in [-0.15, -0.1) is 0 Å². The Labute approximate surface area is 113 Å². The van der Waals surface area contributed by atoms with Crippen LogP contribution in [0.3, 0.4) is 0 Å². The van der Waals surface area contributed by atoms with Gasteiger partial charge >= 0.3 is 0 Å². The fourth-order valence-corrected chi connectivity index (χ4v) is 5.22. The average Bonchev–Trinajstić information content (AvgIpc) is 2.33. The van der Waals surface area contributed by atoms with Crippen LogP contribution in [0.1, 0.15) is 43.8 Å². The topological polar surface area (TPSA) is 60.9 Å². The van der Waals surface area contributed by atoms with Crippen LogP contribution in [0.15, 0.2) is 10.9 Å². The standard InChI is InChI=1S/C15H21N3O/c1-18-13(19)7-12(16)17-15(18)14-10-3-8-2-9(5-10)6-11(14)4-8/h7-11,14H,2-6,16H2,1H3. The molecule has 0 atom stereocenters. The summed E-state index contributed by atoms with van der Waals surface area (Å²) in [5.74, 6) is 5.14. The molecule has 0 radical (unpaired) electrons. The summed E-state index contributed by atoms with van der Waals surface area (Å²) in [5, 5.41) is 0. The molecule has 4 heteroatoms. The third kappa shape index (κ3) is 1.65. The number of nitrogens with two attached hydrogens (primary N) is 1. The molecule has 102 valence electrons. The van der Waals surface area contributed by atoms with Crippen LogP contribution in [-0.4, -0.2) is 9.55 Å². The van der Waals surface area contributed by atoms with Gasteiger partial charge in [-0.25, -0.2) is 4.98 Å². The number of hydrogen-bond donors (Lipinski definition) is 1. The number of rotatable bonds is 1. The van der Waals surface area contributed by atoms with Crippen molar-refractivity contribution in [3.8, 4) is 0 Å². The smallest absolute Gasteiger partial charge is 0.255 e. The predicted octanol–water partition coefficient (Wildman–Crippen LogP) is 1.90. The Morgan fingerprint density at radius 1 is 1.16 bits per heavy atom. The van der Waals surface area contributed by atoms with Crippen molar-refractivity contribution in [2.45, 2.75) is 38.0 Å². The Hall–Kier alpha value is -1.32. The third-order valence-electron chi connectivity index (χ3n) is 5.71. The van der Waals surface area contributed by atoms with Crippen LogP contribution in [0.25, 0.3) is 0 Å². The molecule has 0 aliphatic heterocycles. The quantitative estimate of drug-likeness (QED) is 0.838. The zero-order valence-electron chi connectivity index (χ0n) is 11.4. The molecule has 4 saturated carbocycles. The Morgan fingerprint density at radius 3 is 2.32 bits per heavy atom. The summed E-state index contributed by atoms with van der Waals surface area (Å²) in [6, 6.07) is 1.43. The van der Waals surface area contributed by atoms with E-state index in [1.54, 1.807) is 4.57 Å². The van der Waals surface area contributed by atoms with Crippen molar-refractivity contribution in [2.24, 2.45) is 30.7 Å². The van der Waals surface area contributed by atoms with Crippen LogP contribution < -0.4 is 11.3 Å². The number of nitrogens with zero attached hydrogens (tertiary/aromatic N) is 2. The second-order valence-electron chi connectivity index (χ2n) is 6.89. The van der Waals surface area contributed by atoms with Crippen molar-refractivity contribution in [2.75, 3.05) is 5.73 Å². The molecule has 4 nitrogen and oxygen atoms in total. The van der Waals surface area contributed by atoms with Gasteiger partial charge in [0.15, 0.2) is 0 Å². The molecule has 4 aliphatic carbocycles. The summed E-state index contributed by atoms with van der Waals surface area (Å²) < 4.78 is 1.73. The normalized spacial score (nSPS) is 39.7. The van der Waals surface area contributed by atoms with Crippen LogP contribution in [-0.2, 0) is 7.05 Å². The zero-order valence-corrected chi connectivity index (χ0v) is 11.4. The van der Waals surface area contributed by atoms with Crippen molar-refractivity contribution in [3.63, 3.8) is 0 Å². The van der Waals surface area contributed by atoms with E-state index in [0.717, 1.165) is 29.5 Å². The summed E-state index contributed by atoms with van der Waals surface area (Å²) >= 11 is 0. The van der Waals surface area contributed by atoms with Gasteiger partial charge in [-0.05, 0) is 55.8 Å². The summed E-state index contributed by atoms with van der Waals surface area (Å²) in [6.07, 6.45) is 6.79. The highest BCUT2D eigenvalue weighted by atomic mass is 16.1. The van der Waals surface area contributed by atoms with Crippen molar-refractivity contribution < 1.29 is 0 Å². The molecule has 5 rings (SSSR count). The summed E-state index contributed by atoms with van der Waals surface area (Å²) in [6.45, 7) is 0. The maximum absolute atomic E-state index is 11.9. The molecule has 0 aromatic carbocycles. The fraction of sp³-hybridized carbons (Fsp3) is 0.733. The van der Waals surface area contributed by atoms with Gasteiger partial charge in [0.25, 0.3) is 5.56 Å². The number of nitrogen functional groups attached to an aromatic ring is 1. The van der Waals surface area contributed by atoms with Crippen molar-refractivity contribution in [3.05, 3.63) is 22.2 Å². The first-order valence-corrected chi connectivity index (χ1v) is 7.45. The van der Waals surface area contributed by atoms with Crippen LogP contribution in [0.5, 0.6) is 0 Å². The van der Waals surface area contributed by atoms with Gasteiger partial charge in [-0.3, -0.25) is 9.36 Å². The number of hydrogen-bond acceptors (Lipinski definition) is 3. The van der Waals surface area contributed by atoms with Gasteiger partial charge in [-0.1, -0.05) is 0 Å². The first-order valence-electron chi connectivity index (χ1n) is 7.45. The highest BCUT2D eigenvalue weighted by molar-refractivity contribution is 5.28. The van der Waals surface area contributed by atoms with Gasteiger partial charge in [-0.2, -0.15) is 0 Å². The molecule has 2 N–H and O–H groups in total. The Morgan fingerprint density at radius 2 is 1.74 bits per heavy atom. The fourth-order valence-electron chi connectivity index (χ4n) is 5.22. The van der Waals surface area contributed by atoms with Crippen LogP contribution in [0.2, 0.25) is 0 Å². The van der Waals surface area contributed by atoms with E-state index in [1.165, 1.54) is 38.2 Å². The lowest BCUT2D eigenvalue weighted by atomic mass is 9.51. The van der Waals surface area contributed by atoms with Crippen LogP contribution in [0.4, 0.5) is 5.82 Å². The lowest BCUT2D eigenvalue weighted by Gasteiger charge is -2.54. The molecule has 19 heavy (non-hydrogen) atoms. The lowest BCUT2D eigenvalue weighted by Crippen LogP contribution is -2.45. The van der Waals surface area contributed by atoms with Crippen LogP contribution in [0, 0.1) is 23.7 Å². The molecule has 0 saturated heterocycles. The summed E-state index contributed by atoms with van der Waals surface area (Å²) in [7, 11) is 1.84. The van der Waals surface area contributed by atoms with Crippen molar-refractivity contribution in [1.82, 2.24) is 9.55 Å². The predicted molar refractivity (Wildman–Crippen MR) is 73.7 cm³/mol. The van der Waals surface area contributed by atoms with Gasteiger partial charge in [0.2, 0.25) is 0 Å². The number of aromatic nitrogens is 2. The maximum Gasteiger partial charge on any atom is 0.255 e. The maximum atomic E-state index is 11.9. The highest BCUT2D eigenvalue weighted by Gasteiger charge is 2.49. The van der Waals surface area contributed by atoms with Crippen molar-refractivity contribution in [1.29, 1.82) is 0 Å². The molecule has 0 amide bonds. The largest absolute Gasteiger partial charge is 0.383 e. The minimum atomic E-state index is -0.0173. The minimum Gasteiger partial charge on any atom is -0.383 e. The molecular weight excluding hydrogens is 238 g/mol. The second kappa shape index (κ2) is 3.84. The second-order valence-corrected chi connectivity index (χ2v) is 6.89. The van der Waals surface area contributed by atoms with Crippen LogP contribution >= 0.6 is 0 Å². The molecule has 1 aromatic heterocycles. The van der Waals surface area contributed by atoms with E-state index in [0.29, 0.717) is 11.7 Å². The van der Waals surface area contributed by atoms with Gasteiger partial charge in [0.1, 0.15) is 11.6 Å². The molecule has 1 aromatic rings. The van der Waals surface area contributed by atoms with E-state index in [9.17, 15) is 4.79 Å². The summed E-state index contributed by atoms with van der Waals surface area (Å²) in [5.41, 5.74) is 5.78. The molecule has 4 fully saturated rings. The van der Waals surface area contributed by atoms with Gasteiger partial charge in [0, 0.05) is 19.0 Å². The van der Waals surface area contributed by atoms with E-state index < -0.39 is 0 Å². The molecule has 0 spiro atoms. The van der Waals surface area contributed by atoms with E-state index >= 15 is 0 Å². The van der Waals surface area contributed by atoms with Gasteiger partial charge in [0.05, 0.1) is 0 Å². The van der Waals surface area contributed by atoms with E-state index in [1.807, 2.05) is 7.05 Å². The van der Waals surface area contributed by atoms with E-state index in [2.05, 4.69) is 4.98 Å². The molecule has 4 aliphatic rings. The molecule has 1 heterocycles. The molecule has 4 bridgehead atoms. The first kappa shape index (κ1) is 11.5. The average molecular weight is 259 g/mol. The molecule has 0 unspecified atom stereocenters. The minimum absolute atomic E-state index is 0.0173. The Balaban J connectivity index is 1.79.